The fourth-order valence-electron chi connectivity index (χ4n) is 1.86. The molecule has 0 aromatic heterocycles. The van der Waals surface area contributed by atoms with Crippen LogP contribution in [0.25, 0.3) is 0 Å². The zero-order valence-corrected chi connectivity index (χ0v) is 10.8. The van der Waals surface area contributed by atoms with Crippen LogP contribution in [-0.2, 0) is 10.0 Å². The fraction of sp³-hybridized carbons (Fsp3) is 0.455. The van der Waals surface area contributed by atoms with E-state index in [1.807, 2.05) is 0 Å². The summed E-state index contributed by atoms with van der Waals surface area (Å²) in [5.74, 6) is -0.665. The van der Waals surface area contributed by atoms with Crippen molar-refractivity contribution >= 4 is 10.0 Å². The first kappa shape index (κ1) is 13.3. The Hall–Kier alpha value is -1.18. The maximum atomic E-state index is 13.5. The average molecular weight is 274 g/mol. The highest BCUT2D eigenvalue weighted by molar-refractivity contribution is 7.89. The number of nitrogens with one attached hydrogen (secondary N) is 2. The molecule has 1 aliphatic rings. The van der Waals surface area contributed by atoms with Gasteiger partial charge in [0.05, 0.1) is 12.0 Å². The van der Waals surface area contributed by atoms with Gasteiger partial charge in [0.15, 0.2) is 11.6 Å². The molecule has 0 amide bonds. The largest absolute Gasteiger partial charge is 0.494 e. The molecule has 2 N–H and O–H groups in total. The second-order valence-corrected chi connectivity index (χ2v) is 5.82. The van der Waals surface area contributed by atoms with Crippen LogP contribution in [0.15, 0.2) is 23.1 Å². The monoisotopic (exact) mass is 274 g/mol. The van der Waals surface area contributed by atoms with Crippen molar-refractivity contribution in [3.63, 3.8) is 0 Å². The van der Waals surface area contributed by atoms with Crippen molar-refractivity contribution in [2.45, 2.75) is 17.4 Å². The topological polar surface area (TPSA) is 67.4 Å². The van der Waals surface area contributed by atoms with E-state index in [0.29, 0.717) is 6.54 Å². The fourth-order valence-corrected chi connectivity index (χ4v) is 3.14. The van der Waals surface area contributed by atoms with E-state index in [0.717, 1.165) is 19.0 Å². The lowest BCUT2D eigenvalue weighted by atomic mass is 10.3. The molecule has 0 spiro atoms. The van der Waals surface area contributed by atoms with Gasteiger partial charge in [0, 0.05) is 12.6 Å². The maximum absolute atomic E-state index is 13.5. The van der Waals surface area contributed by atoms with Crippen LogP contribution in [0.4, 0.5) is 4.39 Å². The number of sulfonamides is 1. The molecule has 1 fully saturated rings. The van der Waals surface area contributed by atoms with Gasteiger partial charge in [-0.1, -0.05) is 0 Å². The molecule has 100 valence electrons. The summed E-state index contributed by atoms with van der Waals surface area (Å²) < 4.78 is 44.7. The highest BCUT2D eigenvalue weighted by atomic mass is 32.2. The lowest BCUT2D eigenvalue weighted by Crippen LogP contribution is -2.36. The number of hydrogen-bond acceptors (Lipinski definition) is 4. The number of rotatable bonds is 4. The summed E-state index contributed by atoms with van der Waals surface area (Å²) in [6, 6.07) is 3.45. The number of methoxy groups -OCH3 is 1. The zero-order valence-electron chi connectivity index (χ0n) is 9.94. The first-order chi connectivity index (χ1) is 8.53. The molecule has 1 atom stereocenters. The quantitative estimate of drug-likeness (QED) is 0.838. The summed E-state index contributed by atoms with van der Waals surface area (Å²) in [6.07, 6.45) is 0.734. The van der Waals surface area contributed by atoms with Gasteiger partial charge in [0.1, 0.15) is 0 Å². The lowest BCUT2D eigenvalue weighted by molar-refractivity contribution is 0.385. The predicted octanol–water partition coefficient (Wildman–Crippen LogP) is 0.474. The van der Waals surface area contributed by atoms with Crippen molar-refractivity contribution in [2.75, 3.05) is 20.2 Å². The van der Waals surface area contributed by atoms with E-state index < -0.39 is 15.8 Å². The smallest absolute Gasteiger partial charge is 0.240 e. The van der Waals surface area contributed by atoms with E-state index in [4.69, 9.17) is 4.74 Å². The van der Waals surface area contributed by atoms with Crippen LogP contribution in [0, 0.1) is 5.82 Å². The van der Waals surface area contributed by atoms with E-state index >= 15 is 0 Å². The molecule has 5 nitrogen and oxygen atoms in total. The summed E-state index contributed by atoms with van der Waals surface area (Å²) in [5, 5.41) is 3.05. The standard InChI is InChI=1S/C11H15FN2O3S/c1-17-11-3-2-9(6-10(11)12)18(15,16)14-8-4-5-13-7-8/h2-3,6,8,13-14H,4-5,7H2,1H3/t8-/m0/s1. The molecule has 2 rings (SSSR count). The molecule has 0 aliphatic carbocycles. The summed E-state index contributed by atoms with van der Waals surface area (Å²) in [4.78, 5) is -0.0901. The van der Waals surface area contributed by atoms with Gasteiger partial charge in [-0.15, -0.1) is 0 Å². The molecule has 7 heteroatoms. The van der Waals surface area contributed by atoms with Crippen LogP contribution in [0.1, 0.15) is 6.42 Å². The van der Waals surface area contributed by atoms with Crippen molar-refractivity contribution in [3.8, 4) is 5.75 Å². The molecule has 0 saturated carbocycles. The summed E-state index contributed by atoms with van der Waals surface area (Å²) >= 11 is 0. The van der Waals surface area contributed by atoms with E-state index in [-0.39, 0.29) is 16.7 Å². The summed E-state index contributed by atoms with van der Waals surface area (Å²) in [7, 11) is -2.35. The lowest BCUT2D eigenvalue weighted by Gasteiger charge is -2.12. The number of ether oxygens (including phenoxy) is 1. The van der Waals surface area contributed by atoms with Crippen molar-refractivity contribution in [3.05, 3.63) is 24.0 Å². The molecular weight excluding hydrogens is 259 g/mol. The van der Waals surface area contributed by atoms with Crippen LogP contribution in [0.3, 0.4) is 0 Å². The van der Waals surface area contributed by atoms with Gasteiger partial charge in [0.2, 0.25) is 10.0 Å². The number of halogens is 1. The second-order valence-electron chi connectivity index (χ2n) is 4.11. The van der Waals surface area contributed by atoms with E-state index in [1.54, 1.807) is 0 Å². The van der Waals surface area contributed by atoms with E-state index in [9.17, 15) is 12.8 Å². The highest BCUT2D eigenvalue weighted by Gasteiger charge is 2.23. The van der Waals surface area contributed by atoms with Gasteiger partial charge in [-0.25, -0.2) is 17.5 Å². The Labute approximate surface area is 105 Å². The van der Waals surface area contributed by atoms with E-state index in [2.05, 4.69) is 10.0 Å². The summed E-state index contributed by atoms with van der Waals surface area (Å²) in [6.45, 7) is 1.38. The Balaban J connectivity index is 2.21. The molecule has 1 saturated heterocycles. The Morgan fingerprint density at radius 1 is 1.50 bits per heavy atom. The molecule has 1 aromatic carbocycles. The van der Waals surface area contributed by atoms with Gasteiger partial charge >= 0.3 is 0 Å². The van der Waals surface area contributed by atoms with Crippen molar-refractivity contribution < 1.29 is 17.5 Å². The molecule has 1 heterocycles. The average Bonchev–Trinajstić information content (AvgIpc) is 2.81. The normalized spacial score (nSPS) is 20.0. The molecule has 0 radical (unpaired) electrons. The maximum Gasteiger partial charge on any atom is 0.240 e. The number of hydrogen-bond donors (Lipinski definition) is 2. The first-order valence-corrected chi connectivity index (χ1v) is 7.08. The molecule has 1 aliphatic heterocycles. The van der Waals surface area contributed by atoms with Crippen LogP contribution in [0.2, 0.25) is 0 Å². The van der Waals surface area contributed by atoms with Crippen molar-refractivity contribution in [1.82, 2.24) is 10.0 Å². The molecule has 0 unspecified atom stereocenters. The Bertz CT molecular complexity index is 527. The molecule has 18 heavy (non-hydrogen) atoms. The third kappa shape index (κ3) is 2.80. The SMILES string of the molecule is COc1ccc(S(=O)(=O)N[C@H]2CCNC2)cc1F. The van der Waals surface area contributed by atoms with E-state index in [1.165, 1.54) is 19.2 Å². The Morgan fingerprint density at radius 2 is 2.28 bits per heavy atom. The molecule has 1 aromatic rings. The van der Waals surface area contributed by atoms with Gasteiger partial charge in [-0.2, -0.15) is 0 Å². The molecular formula is C11H15FN2O3S. The van der Waals surface area contributed by atoms with Crippen LogP contribution in [0.5, 0.6) is 5.75 Å². The third-order valence-electron chi connectivity index (χ3n) is 2.82. The van der Waals surface area contributed by atoms with Gasteiger partial charge in [-0.3, -0.25) is 0 Å². The minimum atomic E-state index is -3.68. The minimum Gasteiger partial charge on any atom is -0.494 e. The molecule has 0 bridgehead atoms. The van der Waals surface area contributed by atoms with Crippen molar-refractivity contribution in [2.24, 2.45) is 0 Å². The second kappa shape index (κ2) is 5.21. The van der Waals surface area contributed by atoms with Crippen molar-refractivity contribution in [1.29, 1.82) is 0 Å². The van der Waals surface area contributed by atoms with Gasteiger partial charge < -0.3 is 10.1 Å². The van der Waals surface area contributed by atoms with Gasteiger partial charge in [-0.05, 0) is 31.2 Å². The summed E-state index contributed by atoms with van der Waals surface area (Å²) in [5.41, 5.74) is 0. The van der Waals surface area contributed by atoms with Gasteiger partial charge in [0.25, 0.3) is 0 Å². The first-order valence-electron chi connectivity index (χ1n) is 5.59. The zero-order chi connectivity index (χ0) is 13.2. The van der Waals surface area contributed by atoms with Crippen LogP contribution < -0.4 is 14.8 Å². The van der Waals surface area contributed by atoms with Crippen LogP contribution >= 0.6 is 0 Å². The highest BCUT2D eigenvalue weighted by Crippen LogP contribution is 2.20. The third-order valence-corrected chi connectivity index (χ3v) is 4.33. The van der Waals surface area contributed by atoms with Crippen LogP contribution in [-0.4, -0.2) is 34.7 Å². The number of benzene rings is 1. The Kier molecular flexibility index (Phi) is 3.84. The minimum absolute atomic E-state index is 0.0245. The Morgan fingerprint density at radius 3 is 2.83 bits per heavy atom. The predicted molar refractivity (Wildman–Crippen MR) is 64.5 cm³/mol.